The Bertz CT molecular complexity index is 508. The summed E-state index contributed by atoms with van der Waals surface area (Å²) < 4.78 is 0. The summed E-state index contributed by atoms with van der Waals surface area (Å²) in [5.74, 6) is 0.503. The van der Waals surface area contributed by atoms with Crippen molar-refractivity contribution in [3.05, 3.63) is 17.8 Å². The number of nitrogens with two attached hydrogens (primary N) is 1. The number of nitrogens with one attached hydrogen (secondary N) is 1. The van der Waals surface area contributed by atoms with E-state index in [0.29, 0.717) is 36.6 Å². The second kappa shape index (κ2) is 4.92. The van der Waals surface area contributed by atoms with E-state index < -0.39 is 0 Å². The highest BCUT2D eigenvalue weighted by atomic mass is 16.2. The lowest BCUT2D eigenvalue weighted by molar-refractivity contribution is -0.123. The van der Waals surface area contributed by atoms with Gasteiger partial charge in [0.1, 0.15) is 12.1 Å². The molecular weight excluding hydrogens is 230 g/mol. The van der Waals surface area contributed by atoms with Crippen LogP contribution < -0.4 is 16.0 Å². The van der Waals surface area contributed by atoms with Gasteiger partial charge in [-0.05, 0) is 12.5 Å². The summed E-state index contributed by atoms with van der Waals surface area (Å²) in [6.07, 6.45) is 2.22. The van der Waals surface area contributed by atoms with Crippen LogP contribution >= 0.6 is 0 Å². The number of nitrogen functional groups attached to an aromatic ring is 1. The van der Waals surface area contributed by atoms with E-state index in [1.165, 1.54) is 0 Å². The van der Waals surface area contributed by atoms with Crippen LogP contribution in [0.4, 0.5) is 11.5 Å². The predicted molar refractivity (Wildman–Crippen MR) is 67.8 cm³/mol. The molecule has 1 atom stereocenters. The van der Waals surface area contributed by atoms with Crippen LogP contribution in [0.5, 0.6) is 0 Å². The molecule has 1 amide bonds. The fraction of sp³-hybridized carbons (Fsp3) is 0.417. The molecule has 94 valence electrons. The van der Waals surface area contributed by atoms with Crippen LogP contribution in [0.15, 0.2) is 12.3 Å². The maximum atomic E-state index is 11.8. The molecule has 1 aromatic heterocycles. The number of nitriles is 1. The zero-order valence-electron chi connectivity index (χ0n) is 10.2. The molecule has 1 aromatic rings. The van der Waals surface area contributed by atoms with Gasteiger partial charge in [-0.2, -0.15) is 5.26 Å². The summed E-state index contributed by atoms with van der Waals surface area (Å²) in [7, 11) is 0. The van der Waals surface area contributed by atoms with Crippen molar-refractivity contribution in [1.29, 1.82) is 5.26 Å². The molecule has 0 bridgehead atoms. The number of aromatic nitrogens is 1. The van der Waals surface area contributed by atoms with Crippen molar-refractivity contribution in [2.75, 3.05) is 23.7 Å². The Hall–Kier alpha value is -2.29. The average molecular weight is 245 g/mol. The molecule has 18 heavy (non-hydrogen) atoms. The van der Waals surface area contributed by atoms with Gasteiger partial charge >= 0.3 is 0 Å². The first-order chi connectivity index (χ1) is 8.69. The zero-order chi connectivity index (χ0) is 13.1. The first-order valence-corrected chi connectivity index (χ1v) is 5.88. The number of pyridine rings is 1. The van der Waals surface area contributed by atoms with E-state index in [-0.39, 0.29) is 11.9 Å². The van der Waals surface area contributed by atoms with Gasteiger partial charge in [0.15, 0.2) is 5.82 Å². The Balaban J connectivity index is 2.41. The zero-order valence-corrected chi connectivity index (χ0v) is 10.2. The lowest BCUT2D eigenvalue weighted by Crippen LogP contribution is -2.55. The van der Waals surface area contributed by atoms with Crippen LogP contribution in [0.25, 0.3) is 0 Å². The number of nitrogens with zero attached hydrogens (tertiary/aromatic N) is 3. The molecular formula is C12H15N5O. The van der Waals surface area contributed by atoms with Crippen LogP contribution in [-0.4, -0.2) is 30.0 Å². The maximum Gasteiger partial charge on any atom is 0.242 e. The van der Waals surface area contributed by atoms with E-state index in [2.05, 4.69) is 10.3 Å². The average Bonchev–Trinajstić information content (AvgIpc) is 2.39. The van der Waals surface area contributed by atoms with E-state index in [1.807, 2.05) is 17.9 Å². The van der Waals surface area contributed by atoms with Crippen molar-refractivity contribution in [2.45, 2.75) is 19.4 Å². The summed E-state index contributed by atoms with van der Waals surface area (Å²) in [6.45, 7) is 3.15. The molecule has 1 saturated heterocycles. The van der Waals surface area contributed by atoms with Gasteiger partial charge < -0.3 is 16.0 Å². The highest BCUT2D eigenvalue weighted by Crippen LogP contribution is 2.26. The number of piperazine rings is 1. The molecule has 0 radical (unpaired) electrons. The molecule has 1 aliphatic rings. The van der Waals surface area contributed by atoms with Gasteiger partial charge in [0, 0.05) is 19.3 Å². The topological polar surface area (TPSA) is 95.0 Å². The summed E-state index contributed by atoms with van der Waals surface area (Å²) in [6, 6.07) is 3.32. The second-order valence-corrected chi connectivity index (χ2v) is 4.12. The van der Waals surface area contributed by atoms with Gasteiger partial charge in [-0.3, -0.25) is 4.79 Å². The predicted octanol–water partition coefficient (Wildman–Crippen LogP) is 0.250. The molecule has 0 spiro atoms. The first kappa shape index (κ1) is 12.2. The minimum atomic E-state index is -0.275. The van der Waals surface area contributed by atoms with Crippen LogP contribution in [0.1, 0.15) is 18.9 Å². The van der Waals surface area contributed by atoms with Gasteiger partial charge in [0.2, 0.25) is 5.91 Å². The third kappa shape index (κ3) is 1.95. The quantitative estimate of drug-likeness (QED) is 0.778. The van der Waals surface area contributed by atoms with Crippen LogP contribution in [-0.2, 0) is 4.79 Å². The Morgan fingerprint density at radius 1 is 1.72 bits per heavy atom. The molecule has 0 aliphatic carbocycles. The molecule has 0 aromatic carbocycles. The van der Waals surface area contributed by atoms with Gasteiger partial charge in [-0.1, -0.05) is 6.92 Å². The fourth-order valence-corrected chi connectivity index (χ4v) is 2.16. The summed E-state index contributed by atoms with van der Waals surface area (Å²) in [5.41, 5.74) is 6.66. The molecule has 3 N–H and O–H groups in total. The van der Waals surface area contributed by atoms with Gasteiger partial charge in [-0.15, -0.1) is 0 Å². The minimum Gasteiger partial charge on any atom is -0.395 e. The van der Waals surface area contributed by atoms with Crippen molar-refractivity contribution in [3.63, 3.8) is 0 Å². The number of hydrogen-bond donors (Lipinski definition) is 2. The molecule has 6 heteroatoms. The summed E-state index contributed by atoms with van der Waals surface area (Å²) >= 11 is 0. The molecule has 1 fully saturated rings. The van der Waals surface area contributed by atoms with E-state index in [4.69, 9.17) is 11.0 Å². The van der Waals surface area contributed by atoms with E-state index in [0.717, 1.165) is 0 Å². The Kier molecular flexibility index (Phi) is 3.33. The van der Waals surface area contributed by atoms with Crippen molar-refractivity contribution in [2.24, 2.45) is 0 Å². The molecule has 0 saturated carbocycles. The maximum absolute atomic E-state index is 11.8. The van der Waals surface area contributed by atoms with Crippen LogP contribution in [0.3, 0.4) is 0 Å². The number of carbonyl (C=O) groups excluding carboxylic acids is 1. The lowest BCUT2D eigenvalue weighted by Gasteiger charge is -2.36. The number of hydrogen-bond acceptors (Lipinski definition) is 5. The van der Waals surface area contributed by atoms with Crippen LogP contribution in [0, 0.1) is 11.3 Å². The van der Waals surface area contributed by atoms with Crippen molar-refractivity contribution in [1.82, 2.24) is 10.3 Å². The molecule has 6 nitrogen and oxygen atoms in total. The third-order valence-electron chi connectivity index (χ3n) is 3.08. The highest BCUT2D eigenvalue weighted by Gasteiger charge is 2.30. The third-order valence-corrected chi connectivity index (χ3v) is 3.08. The molecule has 1 aliphatic heterocycles. The van der Waals surface area contributed by atoms with Crippen molar-refractivity contribution >= 4 is 17.4 Å². The Morgan fingerprint density at radius 2 is 2.50 bits per heavy atom. The normalized spacial score (nSPS) is 19.2. The van der Waals surface area contributed by atoms with E-state index in [9.17, 15) is 4.79 Å². The number of anilines is 2. The van der Waals surface area contributed by atoms with Crippen molar-refractivity contribution in [3.8, 4) is 6.07 Å². The number of rotatable bonds is 2. The fourth-order valence-electron chi connectivity index (χ4n) is 2.16. The number of amides is 1. The second-order valence-electron chi connectivity index (χ2n) is 4.12. The molecule has 2 rings (SSSR count). The van der Waals surface area contributed by atoms with E-state index in [1.54, 1.807) is 12.3 Å². The minimum absolute atomic E-state index is 0.0210. The van der Waals surface area contributed by atoms with Crippen LogP contribution in [0.2, 0.25) is 0 Å². The standard InChI is InChI=1S/C12H15N5O/c1-2-9-12(18)16-5-6-17(9)11-10(14)8(7-13)3-4-15-11/h3-4,9H,2,5-6,14H2,1H3,(H,16,18). The van der Waals surface area contributed by atoms with Gasteiger partial charge in [0.05, 0.1) is 11.3 Å². The van der Waals surface area contributed by atoms with Crippen molar-refractivity contribution < 1.29 is 4.79 Å². The highest BCUT2D eigenvalue weighted by molar-refractivity contribution is 5.87. The van der Waals surface area contributed by atoms with Gasteiger partial charge in [0.25, 0.3) is 0 Å². The van der Waals surface area contributed by atoms with E-state index >= 15 is 0 Å². The largest absolute Gasteiger partial charge is 0.395 e. The monoisotopic (exact) mass is 245 g/mol. The molecule has 1 unspecified atom stereocenters. The number of carbonyl (C=O) groups is 1. The van der Waals surface area contributed by atoms with Gasteiger partial charge in [-0.25, -0.2) is 4.98 Å². The Labute approximate surface area is 105 Å². The SMILES string of the molecule is CCC1C(=O)NCCN1c1nccc(C#N)c1N. The first-order valence-electron chi connectivity index (χ1n) is 5.88. The molecule has 2 heterocycles. The lowest BCUT2D eigenvalue weighted by atomic mass is 10.1. The smallest absolute Gasteiger partial charge is 0.242 e. The Morgan fingerprint density at radius 3 is 3.17 bits per heavy atom. The summed E-state index contributed by atoms with van der Waals surface area (Å²) in [5, 5.41) is 11.8. The summed E-state index contributed by atoms with van der Waals surface area (Å²) in [4.78, 5) is 17.9.